The highest BCUT2D eigenvalue weighted by Crippen LogP contribution is 2.40. The second-order valence-electron chi connectivity index (χ2n) is 7.53. The Labute approximate surface area is 141 Å². The first-order valence-electron chi connectivity index (χ1n) is 7.92. The highest BCUT2D eigenvalue weighted by Gasteiger charge is 2.42. The molecule has 0 bridgehead atoms. The smallest absolute Gasteiger partial charge is 0.263 e. The van der Waals surface area contributed by atoms with Gasteiger partial charge in [-0.1, -0.05) is 49.5 Å². The summed E-state index contributed by atoms with van der Waals surface area (Å²) in [6.45, 7) is 17.2. The lowest BCUT2D eigenvalue weighted by Crippen LogP contribution is -2.39. The number of hydrogen-bond acceptors (Lipinski definition) is 2. The van der Waals surface area contributed by atoms with Crippen molar-refractivity contribution in [3.63, 3.8) is 0 Å². The third-order valence-electron chi connectivity index (χ3n) is 4.41. The van der Waals surface area contributed by atoms with E-state index >= 15 is 0 Å². The maximum absolute atomic E-state index is 13.2. The van der Waals surface area contributed by atoms with Crippen molar-refractivity contribution in [2.45, 2.75) is 45.3 Å². The van der Waals surface area contributed by atoms with Gasteiger partial charge in [-0.15, -0.1) is 0 Å². The van der Waals surface area contributed by atoms with Crippen LogP contribution in [0.4, 0.5) is 0 Å². The molecule has 1 aromatic rings. The van der Waals surface area contributed by atoms with Gasteiger partial charge in [0, 0.05) is 17.8 Å². The van der Waals surface area contributed by atoms with Gasteiger partial charge in [0.25, 0.3) is 10.0 Å². The second-order valence-corrected chi connectivity index (χ2v) is 14.4. The summed E-state index contributed by atoms with van der Waals surface area (Å²) < 4.78 is 28.1. The van der Waals surface area contributed by atoms with Crippen molar-refractivity contribution in [3.05, 3.63) is 52.9 Å². The minimum Gasteiger partial charge on any atom is -0.274 e. The van der Waals surface area contributed by atoms with Gasteiger partial charge in [0.1, 0.15) is 0 Å². The van der Waals surface area contributed by atoms with Crippen LogP contribution in [0.25, 0.3) is 0 Å². The van der Waals surface area contributed by atoms with Crippen molar-refractivity contribution in [1.82, 2.24) is 4.31 Å². The number of benzene rings is 1. The zero-order valence-electron chi connectivity index (χ0n) is 15.0. The molecule has 0 aromatic heterocycles. The monoisotopic (exact) mass is 349 g/mol. The molecule has 0 radical (unpaired) electrons. The Hall–Kier alpha value is -1.33. The van der Waals surface area contributed by atoms with Gasteiger partial charge in [0.15, 0.2) is 0 Å². The summed E-state index contributed by atoms with van der Waals surface area (Å²) in [4.78, 5) is 0.369. The normalized spacial score (nSPS) is 19.4. The predicted octanol–water partition coefficient (Wildman–Crippen LogP) is 4.34. The van der Waals surface area contributed by atoms with E-state index < -0.39 is 18.1 Å². The van der Waals surface area contributed by atoms with Gasteiger partial charge in [-0.3, -0.25) is 4.31 Å². The molecule has 23 heavy (non-hydrogen) atoms. The average molecular weight is 350 g/mol. The summed E-state index contributed by atoms with van der Waals surface area (Å²) in [5, 5.41) is 1.03. The van der Waals surface area contributed by atoms with Crippen molar-refractivity contribution in [2.24, 2.45) is 5.92 Å². The Morgan fingerprint density at radius 1 is 1.17 bits per heavy atom. The van der Waals surface area contributed by atoms with Crippen LogP contribution in [-0.4, -0.2) is 27.3 Å². The topological polar surface area (TPSA) is 37.4 Å². The molecule has 1 heterocycles. The zero-order valence-corrected chi connectivity index (χ0v) is 16.8. The minimum absolute atomic E-state index is 0.122. The van der Waals surface area contributed by atoms with Crippen LogP contribution >= 0.6 is 0 Å². The number of nitrogens with zero attached hydrogens (tertiary/aromatic N) is 1. The van der Waals surface area contributed by atoms with Gasteiger partial charge >= 0.3 is 0 Å². The Morgan fingerprint density at radius 3 is 2.13 bits per heavy atom. The van der Waals surface area contributed by atoms with Crippen LogP contribution in [0.1, 0.15) is 19.4 Å². The van der Waals surface area contributed by atoms with E-state index in [1.165, 1.54) is 5.57 Å². The van der Waals surface area contributed by atoms with Crippen LogP contribution in [0.2, 0.25) is 19.6 Å². The van der Waals surface area contributed by atoms with E-state index in [2.05, 4.69) is 33.1 Å². The van der Waals surface area contributed by atoms with Crippen molar-refractivity contribution in [2.75, 3.05) is 6.54 Å². The highest BCUT2D eigenvalue weighted by molar-refractivity contribution is 7.89. The summed E-state index contributed by atoms with van der Waals surface area (Å²) in [5.74, 6) is 0.122. The van der Waals surface area contributed by atoms with Crippen LogP contribution in [0, 0.1) is 12.8 Å². The molecule has 0 spiro atoms. The standard InChI is InChI=1S/C18H27NO2SSi/c1-13(2)17-12-19(18(15(17)4)23(5,6)7)22(20,21)16-10-8-14(3)9-11-16/h8-11,17H,1,12H2,2-7H3/t17-/m0/s1. The molecule has 3 nitrogen and oxygen atoms in total. The fourth-order valence-corrected chi connectivity index (χ4v) is 8.15. The minimum atomic E-state index is -3.52. The maximum Gasteiger partial charge on any atom is 0.263 e. The molecule has 0 unspecified atom stereocenters. The van der Waals surface area contributed by atoms with Crippen LogP contribution in [0.5, 0.6) is 0 Å². The third-order valence-corrected chi connectivity index (χ3v) is 8.44. The molecule has 1 aromatic carbocycles. The van der Waals surface area contributed by atoms with Crippen LogP contribution in [0.3, 0.4) is 0 Å². The molecule has 2 rings (SSSR count). The summed E-state index contributed by atoms with van der Waals surface area (Å²) in [5.41, 5.74) is 3.26. The first-order valence-corrected chi connectivity index (χ1v) is 12.9. The van der Waals surface area contributed by atoms with Crippen LogP contribution in [0.15, 0.2) is 52.2 Å². The number of rotatable bonds is 4. The molecule has 1 aliphatic rings. The van der Waals surface area contributed by atoms with E-state index in [1.807, 2.05) is 26.0 Å². The van der Waals surface area contributed by atoms with Crippen molar-refractivity contribution in [1.29, 1.82) is 0 Å². The van der Waals surface area contributed by atoms with E-state index in [1.54, 1.807) is 16.4 Å². The highest BCUT2D eigenvalue weighted by atomic mass is 32.2. The Morgan fingerprint density at radius 2 is 1.70 bits per heavy atom. The molecule has 0 fully saturated rings. The van der Waals surface area contributed by atoms with Crippen molar-refractivity contribution < 1.29 is 8.42 Å². The fraction of sp³-hybridized carbons (Fsp3) is 0.444. The number of sulfonamides is 1. The Kier molecular flexibility index (Phi) is 4.66. The van der Waals surface area contributed by atoms with E-state index in [4.69, 9.17) is 0 Å². The largest absolute Gasteiger partial charge is 0.274 e. The zero-order chi connectivity index (χ0) is 17.6. The molecule has 0 amide bonds. The number of aryl methyl sites for hydroxylation is 1. The fourth-order valence-electron chi connectivity index (χ4n) is 3.30. The summed E-state index contributed by atoms with van der Waals surface area (Å²) in [6.07, 6.45) is 0. The first-order chi connectivity index (χ1) is 10.5. The van der Waals surface area contributed by atoms with Gasteiger partial charge in [-0.25, -0.2) is 8.42 Å². The number of hydrogen-bond donors (Lipinski definition) is 0. The van der Waals surface area contributed by atoms with Gasteiger partial charge in [-0.05, 0) is 38.5 Å². The molecule has 0 saturated carbocycles. The van der Waals surface area contributed by atoms with E-state index in [0.717, 1.165) is 16.5 Å². The Balaban J connectivity index is 2.57. The molecular weight excluding hydrogens is 322 g/mol. The lowest BCUT2D eigenvalue weighted by atomic mass is 9.97. The van der Waals surface area contributed by atoms with E-state index in [9.17, 15) is 8.42 Å². The van der Waals surface area contributed by atoms with Crippen LogP contribution < -0.4 is 0 Å². The summed E-state index contributed by atoms with van der Waals surface area (Å²) in [7, 11) is -5.32. The van der Waals surface area contributed by atoms with Gasteiger partial charge in [0.05, 0.1) is 13.0 Å². The first kappa shape index (κ1) is 18.0. The van der Waals surface area contributed by atoms with Gasteiger partial charge in [-0.2, -0.15) is 0 Å². The molecule has 126 valence electrons. The second kappa shape index (κ2) is 5.95. The van der Waals surface area contributed by atoms with Gasteiger partial charge in [0.2, 0.25) is 0 Å². The predicted molar refractivity (Wildman–Crippen MR) is 99.4 cm³/mol. The van der Waals surface area contributed by atoms with Crippen molar-refractivity contribution >= 4 is 18.1 Å². The summed E-state index contributed by atoms with van der Waals surface area (Å²) in [6, 6.07) is 7.11. The lowest BCUT2D eigenvalue weighted by Gasteiger charge is -2.30. The maximum atomic E-state index is 13.2. The van der Waals surface area contributed by atoms with E-state index in [-0.39, 0.29) is 5.92 Å². The van der Waals surface area contributed by atoms with E-state index in [0.29, 0.717) is 11.4 Å². The third kappa shape index (κ3) is 3.31. The molecule has 0 aliphatic carbocycles. The molecule has 1 atom stereocenters. The molecule has 1 aliphatic heterocycles. The SMILES string of the molecule is C=C(C)[C@@H]1CN(S(=O)(=O)c2ccc(C)cc2)C([Si](C)(C)C)=C1C. The average Bonchev–Trinajstić information content (AvgIpc) is 2.77. The molecule has 0 N–H and O–H groups in total. The summed E-state index contributed by atoms with van der Waals surface area (Å²) >= 11 is 0. The van der Waals surface area contributed by atoms with Gasteiger partial charge < -0.3 is 0 Å². The van der Waals surface area contributed by atoms with Crippen molar-refractivity contribution in [3.8, 4) is 0 Å². The lowest BCUT2D eigenvalue weighted by molar-refractivity contribution is 0.489. The Bertz CT molecular complexity index is 755. The quantitative estimate of drug-likeness (QED) is 0.599. The molecular formula is C18H27NO2SSi. The molecule has 0 saturated heterocycles. The van der Waals surface area contributed by atoms with Crippen LogP contribution in [-0.2, 0) is 10.0 Å². The molecule has 5 heteroatoms.